The highest BCUT2D eigenvalue weighted by molar-refractivity contribution is 7.85. The molecule has 2 atom stereocenters. The molecule has 16 heavy (non-hydrogen) atoms. The standard InChI is InChI=1S/C12H28N2S2/c1-9(2)5-7-13-11(15)12(16)14-8-6-10(3)4/h9-16H,5-8H2,1-4H3. The van der Waals surface area contributed by atoms with Crippen molar-refractivity contribution < 1.29 is 0 Å². The Balaban J connectivity index is 3.52. The highest BCUT2D eigenvalue weighted by atomic mass is 32.1. The summed E-state index contributed by atoms with van der Waals surface area (Å²) in [5.74, 6) is 1.47. The van der Waals surface area contributed by atoms with E-state index in [1.165, 1.54) is 12.8 Å². The SMILES string of the molecule is CC(C)CCNC(S)C(S)NCCC(C)C. The van der Waals surface area contributed by atoms with Crippen LogP contribution in [0.1, 0.15) is 40.5 Å². The molecule has 0 fully saturated rings. The first kappa shape index (κ1) is 16.6. The van der Waals surface area contributed by atoms with Crippen molar-refractivity contribution in [3.63, 3.8) is 0 Å². The van der Waals surface area contributed by atoms with Gasteiger partial charge < -0.3 is 10.6 Å². The van der Waals surface area contributed by atoms with Gasteiger partial charge in [-0.15, -0.1) is 0 Å². The molecule has 0 aromatic heterocycles. The summed E-state index contributed by atoms with van der Waals surface area (Å²) >= 11 is 9.00. The maximum Gasteiger partial charge on any atom is 0.0750 e. The average Bonchev–Trinajstić information content (AvgIpc) is 2.16. The van der Waals surface area contributed by atoms with E-state index in [-0.39, 0.29) is 10.7 Å². The summed E-state index contributed by atoms with van der Waals surface area (Å²) in [4.78, 5) is 0. The zero-order valence-corrected chi connectivity index (χ0v) is 12.8. The second kappa shape index (κ2) is 9.63. The Labute approximate surface area is 112 Å². The highest BCUT2D eigenvalue weighted by Crippen LogP contribution is 2.06. The Morgan fingerprint density at radius 3 is 1.31 bits per heavy atom. The molecule has 2 nitrogen and oxygen atoms in total. The van der Waals surface area contributed by atoms with Crippen LogP contribution in [0.3, 0.4) is 0 Å². The molecule has 0 heterocycles. The summed E-state index contributed by atoms with van der Waals surface area (Å²) in [6.07, 6.45) is 2.37. The lowest BCUT2D eigenvalue weighted by Gasteiger charge is -2.22. The maximum atomic E-state index is 4.50. The fourth-order valence-electron chi connectivity index (χ4n) is 1.26. The van der Waals surface area contributed by atoms with Crippen molar-refractivity contribution in [2.45, 2.75) is 51.3 Å². The normalized spacial score (nSPS) is 15.8. The van der Waals surface area contributed by atoms with Gasteiger partial charge in [-0.2, -0.15) is 25.3 Å². The maximum absolute atomic E-state index is 4.50. The van der Waals surface area contributed by atoms with Gasteiger partial charge >= 0.3 is 0 Å². The van der Waals surface area contributed by atoms with E-state index in [1.54, 1.807) is 0 Å². The van der Waals surface area contributed by atoms with Gasteiger partial charge in [-0.25, -0.2) is 0 Å². The Morgan fingerprint density at radius 2 is 1.06 bits per heavy atom. The minimum Gasteiger partial charge on any atom is -0.304 e. The van der Waals surface area contributed by atoms with Gasteiger partial charge in [0.1, 0.15) is 0 Å². The topological polar surface area (TPSA) is 24.1 Å². The van der Waals surface area contributed by atoms with Gasteiger partial charge in [0.05, 0.1) is 10.7 Å². The van der Waals surface area contributed by atoms with E-state index in [2.05, 4.69) is 63.6 Å². The van der Waals surface area contributed by atoms with E-state index in [1.807, 2.05) is 0 Å². The minimum absolute atomic E-state index is 0.120. The molecule has 98 valence electrons. The van der Waals surface area contributed by atoms with Crippen molar-refractivity contribution in [3.8, 4) is 0 Å². The Kier molecular flexibility index (Phi) is 10.0. The summed E-state index contributed by atoms with van der Waals surface area (Å²) in [6, 6.07) is 0. The quantitative estimate of drug-likeness (QED) is 0.380. The summed E-state index contributed by atoms with van der Waals surface area (Å²) in [5.41, 5.74) is 0. The summed E-state index contributed by atoms with van der Waals surface area (Å²) in [7, 11) is 0. The molecule has 0 aliphatic rings. The van der Waals surface area contributed by atoms with Gasteiger partial charge in [0.15, 0.2) is 0 Å². The van der Waals surface area contributed by atoms with Crippen LogP contribution in [0.5, 0.6) is 0 Å². The first-order valence-electron chi connectivity index (χ1n) is 6.26. The van der Waals surface area contributed by atoms with Crippen molar-refractivity contribution in [2.24, 2.45) is 11.8 Å². The number of rotatable bonds is 9. The Morgan fingerprint density at radius 1 is 0.750 bits per heavy atom. The Bertz CT molecular complexity index is 145. The summed E-state index contributed by atoms with van der Waals surface area (Å²) < 4.78 is 0. The van der Waals surface area contributed by atoms with Gasteiger partial charge in [-0.1, -0.05) is 27.7 Å². The predicted octanol–water partition coefficient (Wildman–Crippen LogP) is 2.77. The van der Waals surface area contributed by atoms with Gasteiger partial charge in [0.2, 0.25) is 0 Å². The highest BCUT2D eigenvalue weighted by Gasteiger charge is 2.12. The lowest BCUT2D eigenvalue weighted by molar-refractivity contribution is 0.481. The summed E-state index contributed by atoms with van der Waals surface area (Å²) in [6.45, 7) is 10.9. The van der Waals surface area contributed by atoms with Gasteiger partial charge in [-0.3, -0.25) is 0 Å². The van der Waals surface area contributed by atoms with Crippen molar-refractivity contribution in [1.29, 1.82) is 0 Å². The third-order valence-corrected chi connectivity index (χ3v) is 3.65. The molecule has 0 aromatic carbocycles. The summed E-state index contributed by atoms with van der Waals surface area (Å²) in [5, 5.41) is 6.99. The molecule has 0 aliphatic carbocycles. The fourth-order valence-corrected chi connectivity index (χ4v) is 1.73. The van der Waals surface area contributed by atoms with Gasteiger partial charge in [0, 0.05) is 0 Å². The van der Waals surface area contributed by atoms with E-state index >= 15 is 0 Å². The van der Waals surface area contributed by atoms with Crippen LogP contribution in [0.15, 0.2) is 0 Å². The third kappa shape index (κ3) is 9.82. The van der Waals surface area contributed by atoms with Crippen LogP contribution in [-0.2, 0) is 0 Å². The molecule has 0 aliphatic heterocycles. The number of nitrogens with one attached hydrogen (secondary N) is 2. The molecule has 0 saturated carbocycles. The monoisotopic (exact) mass is 264 g/mol. The molecular formula is C12H28N2S2. The van der Waals surface area contributed by atoms with E-state index in [0.29, 0.717) is 0 Å². The molecule has 2 unspecified atom stereocenters. The van der Waals surface area contributed by atoms with Crippen molar-refractivity contribution in [3.05, 3.63) is 0 Å². The number of thiol groups is 2. The van der Waals surface area contributed by atoms with Gasteiger partial charge in [0.25, 0.3) is 0 Å². The van der Waals surface area contributed by atoms with Crippen molar-refractivity contribution in [1.82, 2.24) is 10.6 Å². The molecule has 2 N–H and O–H groups in total. The van der Waals surface area contributed by atoms with Gasteiger partial charge in [-0.05, 0) is 37.8 Å². The minimum atomic E-state index is 0.120. The Hall–Kier alpha value is 0.620. The van der Waals surface area contributed by atoms with Crippen LogP contribution >= 0.6 is 25.3 Å². The fraction of sp³-hybridized carbons (Fsp3) is 1.00. The molecular weight excluding hydrogens is 236 g/mol. The largest absolute Gasteiger partial charge is 0.304 e. The zero-order valence-electron chi connectivity index (χ0n) is 11.0. The van der Waals surface area contributed by atoms with E-state index in [9.17, 15) is 0 Å². The third-order valence-electron chi connectivity index (χ3n) is 2.45. The van der Waals surface area contributed by atoms with E-state index < -0.39 is 0 Å². The first-order valence-corrected chi connectivity index (χ1v) is 7.29. The van der Waals surface area contributed by atoms with Crippen molar-refractivity contribution >= 4 is 25.3 Å². The molecule has 0 aromatic rings. The first-order chi connectivity index (χ1) is 7.43. The molecule has 0 bridgehead atoms. The zero-order chi connectivity index (χ0) is 12.6. The second-order valence-corrected chi connectivity index (χ2v) is 6.28. The molecule has 0 rings (SSSR count). The molecule has 0 saturated heterocycles. The van der Waals surface area contributed by atoms with Crippen LogP contribution in [0.4, 0.5) is 0 Å². The smallest absolute Gasteiger partial charge is 0.0750 e. The molecule has 0 spiro atoms. The second-order valence-electron chi connectivity index (χ2n) is 5.16. The molecule has 4 heteroatoms. The number of hydrogen-bond acceptors (Lipinski definition) is 4. The van der Waals surface area contributed by atoms with Crippen LogP contribution < -0.4 is 10.6 Å². The van der Waals surface area contributed by atoms with Crippen molar-refractivity contribution in [2.75, 3.05) is 13.1 Å². The van der Waals surface area contributed by atoms with E-state index in [4.69, 9.17) is 0 Å². The predicted molar refractivity (Wildman–Crippen MR) is 80.5 cm³/mol. The number of hydrogen-bond donors (Lipinski definition) is 4. The molecule has 0 radical (unpaired) electrons. The van der Waals surface area contributed by atoms with Crippen LogP contribution in [-0.4, -0.2) is 23.8 Å². The van der Waals surface area contributed by atoms with Crippen LogP contribution in [0.2, 0.25) is 0 Å². The van der Waals surface area contributed by atoms with E-state index in [0.717, 1.165) is 24.9 Å². The lowest BCUT2D eigenvalue weighted by Crippen LogP contribution is -2.42. The van der Waals surface area contributed by atoms with Crippen LogP contribution in [0.25, 0.3) is 0 Å². The van der Waals surface area contributed by atoms with Crippen LogP contribution in [0, 0.1) is 11.8 Å². The molecule has 0 amide bonds. The average molecular weight is 265 g/mol. The lowest BCUT2D eigenvalue weighted by atomic mass is 10.1.